The number of benzene rings is 1. The molecule has 0 aliphatic carbocycles. The maximum atomic E-state index is 12.1. The summed E-state index contributed by atoms with van der Waals surface area (Å²) in [4.78, 5) is 36.0. The molecular weight excluding hydrogens is 328 g/mol. The Morgan fingerprint density at radius 1 is 1.13 bits per heavy atom. The van der Waals surface area contributed by atoms with Crippen molar-refractivity contribution in [2.24, 2.45) is 0 Å². The first kappa shape index (κ1) is 16.3. The molecule has 0 saturated carbocycles. The van der Waals surface area contributed by atoms with Crippen LogP contribution in [0, 0.1) is 20.2 Å². The molecule has 118 valence electrons. The number of pyridine rings is 1. The van der Waals surface area contributed by atoms with E-state index in [9.17, 15) is 25.0 Å². The Hall–Kier alpha value is -3.07. The minimum Gasteiger partial charge on any atom is -0.348 e. The van der Waals surface area contributed by atoms with Gasteiger partial charge in [-0.05, 0) is 17.7 Å². The summed E-state index contributed by atoms with van der Waals surface area (Å²) in [5.41, 5.74) is -0.863. The molecule has 0 bridgehead atoms. The van der Waals surface area contributed by atoms with Gasteiger partial charge in [-0.15, -0.1) is 0 Å². The zero-order valence-electron chi connectivity index (χ0n) is 11.4. The standard InChI is InChI=1S/C13H9ClN4O5/c14-12-10(17(20)21)5-9(6-11(12)18(22)23)13(19)16-7-8-1-3-15-4-2-8/h1-6H,7H2,(H,16,19). The molecule has 0 aliphatic rings. The predicted molar refractivity (Wildman–Crippen MR) is 80.2 cm³/mol. The van der Waals surface area contributed by atoms with Gasteiger partial charge in [0, 0.05) is 31.1 Å². The number of nitro benzene ring substituents is 2. The summed E-state index contributed by atoms with van der Waals surface area (Å²) in [5, 5.41) is 23.7. The van der Waals surface area contributed by atoms with Gasteiger partial charge in [0.15, 0.2) is 5.02 Å². The maximum Gasteiger partial charge on any atom is 0.295 e. The molecule has 1 N–H and O–H groups in total. The molecule has 1 aromatic carbocycles. The van der Waals surface area contributed by atoms with Gasteiger partial charge in [-0.25, -0.2) is 0 Å². The lowest BCUT2D eigenvalue weighted by Crippen LogP contribution is -2.23. The molecule has 1 amide bonds. The van der Waals surface area contributed by atoms with E-state index >= 15 is 0 Å². The number of hydrogen-bond acceptors (Lipinski definition) is 6. The number of carbonyl (C=O) groups excluding carboxylic acids is 1. The van der Waals surface area contributed by atoms with Gasteiger partial charge in [0.1, 0.15) is 0 Å². The van der Waals surface area contributed by atoms with Gasteiger partial charge < -0.3 is 5.32 Å². The van der Waals surface area contributed by atoms with Gasteiger partial charge in [0.05, 0.1) is 15.4 Å². The van der Waals surface area contributed by atoms with Crippen LogP contribution in [-0.4, -0.2) is 20.7 Å². The first-order valence-electron chi connectivity index (χ1n) is 6.19. The Kier molecular flexibility index (Phi) is 4.82. The second kappa shape index (κ2) is 6.79. The van der Waals surface area contributed by atoms with Crippen LogP contribution in [-0.2, 0) is 6.54 Å². The van der Waals surface area contributed by atoms with Crippen molar-refractivity contribution >= 4 is 28.9 Å². The zero-order valence-corrected chi connectivity index (χ0v) is 12.2. The SMILES string of the molecule is O=C(NCc1ccncc1)c1cc([N+](=O)[O-])c(Cl)c([N+](=O)[O-])c1. The Bertz CT molecular complexity index is 746. The highest BCUT2D eigenvalue weighted by Crippen LogP contribution is 2.34. The zero-order chi connectivity index (χ0) is 17.0. The van der Waals surface area contributed by atoms with E-state index < -0.39 is 32.2 Å². The number of carbonyl (C=O) groups is 1. The summed E-state index contributed by atoms with van der Waals surface area (Å²) in [6, 6.07) is 5.15. The summed E-state index contributed by atoms with van der Waals surface area (Å²) >= 11 is 5.63. The molecule has 1 heterocycles. The highest BCUT2D eigenvalue weighted by molar-refractivity contribution is 6.35. The van der Waals surface area contributed by atoms with E-state index in [1.54, 1.807) is 24.5 Å². The van der Waals surface area contributed by atoms with Crippen molar-refractivity contribution in [1.82, 2.24) is 10.3 Å². The van der Waals surface area contributed by atoms with Crippen molar-refractivity contribution < 1.29 is 14.6 Å². The fourth-order valence-electron chi connectivity index (χ4n) is 1.78. The van der Waals surface area contributed by atoms with Crippen molar-refractivity contribution in [2.75, 3.05) is 0 Å². The monoisotopic (exact) mass is 336 g/mol. The molecule has 0 spiro atoms. The molecule has 0 atom stereocenters. The molecule has 10 heteroatoms. The van der Waals surface area contributed by atoms with E-state index in [4.69, 9.17) is 11.6 Å². The normalized spacial score (nSPS) is 10.1. The Morgan fingerprint density at radius 2 is 1.65 bits per heavy atom. The lowest BCUT2D eigenvalue weighted by atomic mass is 10.1. The van der Waals surface area contributed by atoms with E-state index in [1.165, 1.54) is 0 Å². The van der Waals surface area contributed by atoms with Crippen molar-refractivity contribution in [3.8, 4) is 0 Å². The fraction of sp³-hybridized carbons (Fsp3) is 0.0769. The van der Waals surface area contributed by atoms with Crippen LogP contribution in [0.3, 0.4) is 0 Å². The quantitative estimate of drug-likeness (QED) is 0.659. The summed E-state index contributed by atoms with van der Waals surface area (Å²) in [7, 11) is 0. The van der Waals surface area contributed by atoms with Gasteiger partial charge in [0.2, 0.25) is 0 Å². The number of hydrogen-bond donors (Lipinski definition) is 1. The minimum atomic E-state index is -0.880. The number of nitro groups is 2. The molecule has 9 nitrogen and oxygen atoms in total. The van der Waals surface area contributed by atoms with Crippen LogP contribution in [0.1, 0.15) is 15.9 Å². The van der Waals surface area contributed by atoms with Crippen molar-refractivity contribution in [1.29, 1.82) is 0 Å². The van der Waals surface area contributed by atoms with Gasteiger partial charge in [-0.2, -0.15) is 0 Å². The molecule has 0 saturated heterocycles. The van der Waals surface area contributed by atoms with Crippen LogP contribution >= 0.6 is 11.6 Å². The largest absolute Gasteiger partial charge is 0.348 e. The number of nitrogens with zero attached hydrogens (tertiary/aromatic N) is 3. The molecule has 0 aliphatic heterocycles. The number of nitrogens with one attached hydrogen (secondary N) is 1. The second-order valence-electron chi connectivity index (χ2n) is 4.38. The minimum absolute atomic E-state index is 0.144. The van der Waals surface area contributed by atoms with Crippen LogP contribution in [0.15, 0.2) is 36.7 Å². The van der Waals surface area contributed by atoms with Crippen molar-refractivity contribution in [3.05, 3.63) is 73.0 Å². The summed E-state index contributed by atoms with van der Waals surface area (Å²) in [6.45, 7) is 0.144. The third kappa shape index (κ3) is 3.77. The molecule has 0 radical (unpaired) electrons. The van der Waals surface area contributed by atoms with Gasteiger partial charge in [-0.1, -0.05) is 11.6 Å². The highest BCUT2D eigenvalue weighted by atomic mass is 35.5. The van der Waals surface area contributed by atoms with Crippen LogP contribution < -0.4 is 5.32 Å². The molecule has 2 aromatic rings. The predicted octanol–water partition coefficient (Wildman–Crippen LogP) is 2.48. The lowest BCUT2D eigenvalue weighted by molar-refractivity contribution is -0.393. The number of amides is 1. The highest BCUT2D eigenvalue weighted by Gasteiger charge is 2.27. The maximum absolute atomic E-state index is 12.1. The number of halogens is 1. The van der Waals surface area contributed by atoms with Gasteiger partial charge in [-0.3, -0.25) is 30.0 Å². The molecular formula is C13H9ClN4O5. The van der Waals surface area contributed by atoms with E-state index in [1.807, 2.05) is 0 Å². The molecule has 23 heavy (non-hydrogen) atoms. The van der Waals surface area contributed by atoms with Crippen LogP contribution in [0.25, 0.3) is 0 Å². The van der Waals surface area contributed by atoms with Crippen LogP contribution in [0.5, 0.6) is 0 Å². The average molecular weight is 337 g/mol. The second-order valence-corrected chi connectivity index (χ2v) is 4.76. The molecule has 0 unspecified atom stereocenters. The third-order valence-electron chi connectivity index (χ3n) is 2.89. The summed E-state index contributed by atoms with van der Waals surface area (Å²) in [5.74, 6) is -0.690. The average Bonchev–Trinajstić information content (AvgIpc) is 2.53. The molecule has 2 rings (SSSR count). The van der Waals surface area contributed by atoms with E-state index in [-0.39, 0.29) is 12.1 Å². The Balaban J connectivity index is 2.29. The Morgan fingerprint density at radius 3 is 2.13 bits per heavy atom. The number of aromatic nitrogens is 1. The lowest BCUT2D eigenvalue weighted by Gasteiger charge is -2.06. The third-order valence-corrected chi connectivity index (χ3v) is 3.28. The molecule has 1 aromatic heterocycles. The van der Waals surface area contributed by atoms with Crippen LogP contribution in [0.4, 0.5) is 11.4 Å². The summed E-state index contributed by atoms with van der Waals surface area (Å²) in [6.07, 6.45) is 3.08. The van der Waals surface area contributed by atoms with Crippen molar-refractivity contribution in [2.45, 2.75) is 6.54 Å². The number of rotatable bonds is 5. The van der Waals surface area contributed by atoms with Crippen molar-refractivity contribution in [3.63, 3.8) is 0 Å². The fourth-order valence-corrected chi connectivity index (χ4v) is 2.02. The first-order chi connectivity index (χ1) is 10.9. The topological polar surface area (TPSA) is 128 Å². The Labute approximate surface area is 134 Å². The van der Waals surface area contributed by atoms with E-state index in [2.05, 4.69) is 10.3 Å². The van der Waals surface area contributed by atoms with E-state index in [0.29, 0.717) is 0 Å². The van der Waals surface area contributed by atoms with Gasteiger partial charge >= 0.3 is 0 Å². The van der Waals surface area contributed by atoms with Crippen LogP contribution in [0.2, 0.25) is 5.02 Å². The van der Waals surface area contributed by atoms with Gasteiger partial charge in [0.25, 0.3) is 17.3 Å². The first-order valence-corrected chi connectivity index (χ1v) is 6.57. The smallest absolute Gasteiger partial charge is 0.295 e. The summed E-state index contributed by atoms with van der Waals surface area (Å²) < 4.78 is 0. The molecule has 0 fully saturated rings. The van der Waals surface area contributed by atoms with E-state index in [0.717, 1.165) is 17.7 Å².